The van der Waals surface area contributed by atoms with Crippen LogP contribution in [0.1, 0.15) is 26.2 Å². The van der Waals surface area contributed by atoms with Crippen molar-refractivity contribution >= 4 is 6.09 Å². The maximum atomic E-state index is 10.9. The zero-order valence-corrected chi connectivity index (χ0v) is 7.38. The summed E-state index contributed by atoms with van der Waals surface area (Å²) in [6, 6.07) is 0. The number of nitrogens with one attached hydrogen (secondary N) is 1. The first-order valence-corrected chi connectivity index (χ1v) is 4.44. The Morgan fingerprint density at radius 3 is 3.08 bits per heavy atom. The molecule has 1 heterocycles. The van der Waals surface area contributed by atoms with Crippen LogP contribution >= 0.6 is 0 Å². The number of hydrogen-bond acceptors (Lipinski definition) is 2. The third-order valence-corrected chi connectivity index (χ3v) is 1.76. The molecule has 1 rings (SSSR count). The highest BCUT2D eigenvalue weighted by Gasteiger charge is 2.17. The number of carbonyl (C=O) groups excluding carboxylic acids is 1. The molecule has 0 aromatic heterocycles. The summed E-state index contributed by atoms with van der Waals surface area (Å²) >= 11 is 0. The summed E-state index contributed by atoms with van der Waals surface area (Å²) in [5.41, 5.74) is 0. The predicted molar refractivity (Wildman–Crippen MR) is 44.8 cm³/mol. The summed E-state index contributed by atoms with van der Waals surface area (Å²) in [5.74, 6) is 0. The molecule has 1 saturated heterocycles. The Bertz CT molecular complexity index is 144. The second-order valence-electron chi connectivity index (χ2n) is 2.79. The van der Waals surface area contributed by atoms with E-state index in [0.29, 0.717) is 6.54 Å². The Kier molecular flexibility index (Phi) is 3.87. The molecule has 1 amide bonds. The minimum absolute atomic E-state index is 0.203. The van der Waals surface area contributed by atoms with Gasteiger partial charge in [-0.3, -0.25) is 0 Å². The smallest absolute Gasteiger partial charge is 0.408 e. The molecule has 0 bridgehead atoms. The molecule has 1 radical (unpaired) electrons. The number of piperidine rings is 1. The van der Waals surface area contributed by atoms with E-state index in [1.165, 1.54) is 0 Å². The Labute approximate surface area is 72.7 Å². The van der Waals surface area contributed by atoms with Crippen LogP contribution in [0.5, 0.6) is 0 Å². The van der Waals surface area contributed by atoms with Gasteiger partial charge in [-0.15, -0.1) is 0 Å². The van der Waals surface area contributed by atoms with E-state index >= 15 is 0 Å². The van der Waals surface area contributed by atoms with Crippen LogP contribution in [0.3, 0.4) is 0 Å². The lowest BCUT2D eigenvalue weighted by molar-refractivity contribution is 0.0590. The van der Waals surface area contributed by atoms with Crippen LogP contribution in [0.4, 0.5) is 4.79 Å². The average Bonchev–Trinajstić information content (AvgIpc) is 2.06. The highest BCUT2D eigenvalue weighted by Crippen LogP contribution is 2.09. The normalized spacial score (nSPS) is 23.2. The first-order valence-electron chi connectivity index (χ1n) is 4.44. The van der Waals surface area contributed by atoms with Gasteiger partial charge in [0, 0.05) is 13.1 Å². The van der Waals surface area contributed by atoms with E-state index in [-0.39, 0.29) is 12.3 Å². The van der Waals surface area contributed by atoms with Gasteiger partial charge in [0.05, 0.1) is 0 Å². The van der Waals surface area contributed by atoms with Gasteiger partial charge in [0.1, 0.15) is 0 Å². The lowest BCUT2D eigenvalue weighted by Crippen LogP contribution is -2.36. The number of alkyl carbamates (subject to hydrolysis) is 1. The van der Waals surface area contributed by atoms with Crippen LogP contribution < -0.4 is 10.6 Å². The highest BCUT2D eigenvalue weighted by atomic mass is 16.6. The van der Waals surface area contributed by atoms with Crippen molar-refractivity contribution in [3.8, 4) is 0 Å². The Morgan fingerprint density at radius 1 is 1.67 bits per heavy atom. The second kappa shape index (κ2) is 4.98. The molecule has 0 aromatic carbocycles. The summed E-state index contributed by atoms with van der Waals surface area (Å²) < 4.78 is 5.02. The molecule has 0 spiro atoms. The van der Waals surface area contributed by atoms with Crippen molar-refractivity contribution in [1.29, 1.82) is 0 Å². The van der Waals surface area contributed by atoms with E-state index in [2.05, 4.69) is 10.6 Å². The molecule has 1 aliphatic heterocycles. The van der Waals surface area contributed by atoms with E-state index < -0.39 is 0 Å². The summed E-state index contributed by atoms with van der Waals surface area (Å²) in [7, 11) is 0. The number of carbonyl (C=O) groups is 1. The first-order chi connectivity index (χ1) is 5.83. The number of ether oxygens (including phenoxy) is 1. The van der Waals surface area contributed by atoms with E-state index in [0.717, 1.165) is 25.8 Å². The molecular formula is C8H15N2O2. The summed E-state index contributed by atoms with van der Waals surface area (Å²) in [6.45, 7) is 3.29. The van der Waals surface area contributed by atoms with Crippen molar-refractivity contribution in [3.63, 3.8) is 0 Å². The molecule has 0 saturated carbocycles. The second-order valence-corrected chi connectivity index (χ2v) is 2.79. The van der Waals surface area contributed by atoms with Crippen LogP contribution in [-0.4, -0.2) is 25.4 Å². The molecule has 0 aliphatic carbocycles. The third kappa shape index (κ3) is 3.09. The lowest BCUT2D eigenvalue weighted by Gasteiger charge is -2.21. The summed E-state index contributed by atoms with van der Waals surface area (Å²) in [4.78, 5) is 10.9. The van der Waals surface area contributed by atoms with Gasteiger partial charge in [-0.1, -0.05) is 0 Å². The fourth-order valence-corrected chi connectivity index (χ4v) is 1.16. The van der Waals surface area contributed by atoms with Crippen molar-refractivity contribution in [2.75, 3.05) is 13.1 Å². The summed E-state index contributed by atoms with van der Waals surface area (Å²) in [6.07, 6.45) is 2.54. The van der Waals surface area contributed by atoms with Crippen molar-refractivity contribution in [2.45, 2.75) is 32.4 Å². The Morgan fingerprint density at radius 2 is 2.50 bits per heavy atom. The van der Waals surface area contributed by atoms with Crippen molar-refractivity contribution in [1.82, 2.24) is 10.6 Å². The molecule has 69 valence electrons. The minimum atomic E-state index is -0.354. The van der Waals surface area contributed by atoms with Crippen LogP contribution in [-0.2, 0) is 4.74 Å². The topological polar surface area (TPSA) is 52.4 Å². The Hall–Kier alpha value is -0.770. The SMILES string of the molecule is CCNC(=O)OC1CCCC[N]1. The zero-order valence-electron chi connectivity index (χ0n) is 7.38. The van der Waals surface area contributed by atoms with Gasteiger partial charge >= 0.3 is 6.09 Å². The highest BCUT2D eigenvalue weighted by molar-refractivity contribution is 5.67. The molecular weight excluding hydrogens is 156 g/mol. The molecule has 1 fully saturated rings. The van der Waals surface area contributed by atoms with Gasteiger partial charge in [-0.25, -0.2) is 10.1 Å². The molecule has 1 N–H and O–H groups in total. The number of nitrogens with zero attached hydrogens (tertiary/aromatic N) is 1. The van der Waals surface area contributed by atoms with Crippen molar-refractivity contribution < 1.29 is 9.53 Å². The standard InChI is InChI=1S/C8H15N2O2/c1-2-9-8(11)12-7-5-3-4-6-10-7/h7H,2-6H2,1H3,(H,9,11). The lowest BCUT2D eigenvalue weighted by atomic mass is 10.1. The third-order valence-electron chi connectivity index (χ3n) is 1.76. The first kappa shape index (κ1) is 9.32. The van der Waals surface area contributed by atoms with Crippen LogP contribution in [0.2, 0.25) is 0 Å². The molecule has 4 heteroatoms. The molecule has 4 nitrogen and oxygen atoms in total. The van der Waals surface area contributed by atoms with Crippen LogP contribution in [0.25, 0.3) is 0 Å². The molecule has 0 aromatic rings. The van der Waals surface area contributed by atoms with Gasteiger partial charge in [0.15, 0.2) is 6.23 Å². The van der Waals surface area contributed by atoms with Crippen molar-refractivity contribution in [3.05, 3.63) is 0 Å². The molecule has 12 heavy (non-hydrogen) atoms. The van der Waals surface area contributed by atoms with E-state index in [9.17, 15) is 4.79 Å². The average molecular weight is 171 g/mol. The largest absolute Gasteiger partial charge is 0.429 e. The zero-order chi connectivity index (χ0) is 8.81. The van der Waals surface area contributed by atoms with Gasteiger partial charge in [-0.05, 0) is 26.2 Å². The fraction of sp³-hybridized carbons (Fsp3) is 0.875. The van der Waals surface area contributed by atoms with Gasteiger partial charge in [0.2, 0.25) is 0 Å². The quantitative estimate of drug-likeness (QED) is 0.669. The van der Waals surface area contributed by atoms with E-state index in [1.807, 2.05) is 6.92 Å². The maximum Gasteiger partial charge on any atom is 0.408 e. The van der Waals surface area contributed by atoms with E-state index in [4.69, 9.17) is 4.74 Å². The number of hydrogen-bond donors (Lipinski definition) is 1. The molecule has 1 unspecified atom stereocenters. The number of rotatable bonds is 2. The van der Waals surface area contributed by atoms with Gasteiger partial charge in [0.25, 0.3) is 0 Å². The molecule has 1 atom stereocenters. The monoisotopic (exact) mass is 171 g/mol. The minimum Gasteiger partial charge on any atom is -0.429 e. The number of amides is 1. The van der Waals surface area contributed by atoms with Gasteiger partial charge < -0.3 is 10.1 Å². The van der Waals surface area contributed by atoms with Gasteiger partial charge in [-0.2, -0.15) is 0 Å². The Balaban J connectivity index is 2.15. The van der Waals surface area contributed by atoms with Crippen LogP contribution in [0, 0.1) is 0 Å². The maximum absolute atomic E-state index is 10.9. The van der Waals surface area contributed by atoms with Crippen LogP contribution in [0.15, 0.2) is 0 Å². The predicted octanol–water partition coefficient (Wildman–Crippen LogP) is 0.847. The molecule has 1 aliphatic rings. The summed E-state index contributed by atoms with van der Waals surface area (Å²) in [5, 5.41) is 6.74. The fourth-order valence-electron chi connectivity index (χ4n) is 1.16. The van der Waals surface area contributed by atoms with Crippen molar-refractivity contribution in [2.24, 2.45) is 0 Å². The van der Waals surface area contributed by atoms with E-state index in [1.54, 1.807) is 0 Å².